The number of nitrogens with one attached hydrogen (secondary N) is 1. The smallest absolute Gasteiger partial charge is 0.0734 e. The Morgan fingerprint density at radius 1 is 1.40 bits per heavy atom. The molecule has 3 N–H and O–H groups in total. The van der Waals surface area contributed by atoms with Gasteiger partial charge in [-0.15, -0.1) is 0 Å². The summed E-state index contributed by atoms with van der Waals surface area (Å²) in [6.45, 7) is 4.87. The zero-order chi connectivity index (χ0) is 11.3. The molecule has 0 aromatic carbocycles. The molecule has 3 nitrogen and oxygen atoms in total. The topological polar surface area (TPSA) is 47.3 Å². The summed E-state index contributed by atoms with van der Waals surface area (Å²) in [5.74, 6) is 0. The second kappa shape index (κ2) is 5.83. The second-order valence-electron chi connectivity index (χ2n) is 4.98. The maximum absolute atomic E-state index is 5.86. The van der Waals surface area contributed by atoms with E-state index in [4.69, 9.17) is 10.5 Å². The van der Waals surface area contributed by atoms with Crippen LogP contribution >= 0.6 is 0 Å². The maximum Gasteiger partial charge on any atom is 0.0734 e. The van der Waals surface area contributed by atoms with Crippen molar-refractivity contribution in [3.63, 3.8) is 0 Å². The standard InChI is InChI=1S/C12H26N2O/c1-10(15-3)12(2,9-13)14-11-7-5-4-6-8-11/h10-11,14H,4-9,13H2,1-3H3. The van der Waals surface area contributed by atoms with Gasteiger partial charge in [0.1, 0.15) is 0 Å². The van der Waals surface area contributed by atoms with Gasteiger partial charge in [0.15, 0.2) is 0 Å². The van der Waals surface area contributed by atoms with Crippen LogP contribution in [0.4, 0.5) is 0 Å². The fourth-order valence-electron chi connectivity index (χ4n) is 2.32. The van der Waals surface area contributed by atoms with Gasteiger partial charge in [-0.25, -0.2) is 0 Å². The number of nitrogens with two attached hydrogens (primary N) is 1. The van der Waals surface area contributed by atoms with E-state index in [0.717, 1.165) is 0 Å². The van der Waals surface area contributed by atoms with Crippen molar-refractivity contribution >= 4 is 0 Å². The van der Waals surface area contributed by atoms with Gasteiger partial charge < -0.3 is 15.8 Å². The van der Waals surface area contributed by atoms with Crippen molar-refractivity contribution in [3.8, 4) is 0 Å². The number of ether oxygens (including phenoxy) is 1. The zero-order valence-corrected chi connectivity index (χ0v) is 10.4. The molecule has 1 fully saturated rings. The Balaban J connectivity index is 2.50. The largest absolute Gasteiger partial charge is 0.380 e. The highest BCUT2D eigenvalue weighted by Gasteiger charge is 2.32. The lowest BCUT2D eigenvalue weighted by Gasteiger charge is -2.39. The van der Waals surface area contributed by atoms with Gasteiger partial charge in [0.25, 0.3) is 0 Å². The Labute approximate surface area is 93.8 Å². The van der Waals surface area contributed by atoms with Crippen LogP contribution < -0.4 is 11.1 Å². The van der Waals surface area contributed by atoms with E-state index in [0.29, 0.717) is 12.6 Å². The highest BCUT2D eigenvalue weighted by Crippen LogP contribution is 2.21. The van der Waals surface area contributed by atoms with Crippen LogP contribution in [0.25, 0.3) is 0 Å². The quantitative estimate of drug-likeness (QED) is 0.731. The van der Waals surface area contributed by atoms with Crippen molar-refractivity contribution in [3.05, 3.63) is 0 Å². The first-order chi connectivity index (χ1) is 7.12. The van der Waals surface area contributed by atoms with E-state index < -0.39 is 0 Å². The summed E-state index contributed by atoms with van der Waals surface area (Å²) in [6, 6.07) is 0.630. The maximum atomic E-state index is 5.86. The van der Waals surface area contributed by atoms with Crippen LogP contribution in [0, 0.1) is 0 Å². The van der Waals surface area contributed by atoms with E-state index in [-0.39, 0.29) is 11.6 Å². The van der Waals surface area contributed by atoms with Crippen LogP contribution in [0.3, 0.4) is 0 Å². The molecule has 0 saturated heterocycles. The molecule has 3 heteroatoms. The Kier molecular flexibility index (Phi) is 5.03. The molecular weight excluding hydrogens is 188 g/mol. The molecule has 0 spiro atoms. The Morgan fingerprint density at radius 3 is 2.47 bits per heavy atom. The highest BCUT2D eigenvalue weighted by atomic mass is 16.5. The fourth-order valence-corrected chi connectivity index (χ4v) is 2.32. The van der Waals surface area contributed by atoms with Crippen molar-refractivity contribution in [2.24, 2.45) is 5.73 Å². The number of methoxy groups -OCH3 is 1. The molecule has 0 heterocycles. The minimum Gasteiger partial charge on any atom is -0.380 e. The van der Waals surface area contributed by atoms with E-state index >= 15 is 0 Å². The summed E-state index contributed by atoms with van der Waals surface area (Å²) < 4.78 is 5.41. The van der Waals surface area contributed by atoms with E-state index in [9.17, 15) is 0 Å². The van der Waals surface area contributed by atoms with Crippen LogP contribution in [0.15, 0.2) is 0 Å². The normalized spacial score (nSPS) is 24.8. The molecular formula is C12H26N2O. The lowest BCUT2D eigenvalue weighted by Crippen LogP contribution is -2.60. The van der Waals surface area contributed by atoms with Crippen molar-refractivity contribution in [1.29, 1.82) is 0 Å². The average Bonchev–Trinajstić information content (AvgIpc) is 2.29. The lowest BCUT2D eigenvalue weighted by molar-refractivity contribution is 0.0333. The first-order valence-corrected chi connectivity index (χ1v) is 6.13. The summed E-state index contributed by atoms with van der Waals surface area (Å²) >= 11 is 0. The molecule has 0 amide bonds. The Morgan fingerprint density at radius 2 is 2.00 bits per heavy atom. The molecule has 0 aliphatic heterocycles. The molecule has 1 aliphatic rings. The van der Waals surface area contributed by atoms with Crippen LogP contribution in [-0.2, 0) is 4.74 Å². The molecule has 90 valence electrons. The molecule has 0 aromatic heterocycles. The molecule has 0 radical (unpaired) electrons. The van der Waals surface area contributed by atoms with E-state index in [1.54, 1.807) is 7.11 Å². The van der Waals surface area contributed by atoms with Crippen molar-refractivity contribution < 1.29 is 4.74 Å². The molecule has 2 atom stereocenters. The van der Waals surface area contributed by atoms with Crippen LogP contribution in [-0.4, -0.2) is 31.3 Å². The Hall–Kier alpha value is -0.120. The minimum absolute atomic E-state index is 0.0866. The first kappa shape index (κ1) is 12.9. The third kappa shape index (κ3) is 3.44. The summed E-state index contributed by atoms with van der Waals surface area (Å²) in [5.41, 5.74) is 5.77. The number of rotatable bonds is 5. The third-order valence-electron chi connectivity index (χ3n) is 3.81. The van der Waals surface area contributed by atoms with Gasteiger partial charge in [0.2, 0.25) is 0 Å². The molecule has 2 unspecified atom stereocenters. The zero-order valence-electron chi connectivity index (χ0n) is 10.4. The average molecular weight is 214 g/mol. The molecule has 0 aromatic rings. The summed E-state index contributed by atoms with van der Waals surface area (Å²) in [6.07, 6.45) is 6.80. The van der Waals surface area contributed by atoms with E-state index in [2.05, 4.69) is 19.2 Å². The van der Waals surface area contributed by atoms with Gasteiger partial charge in [0, 0.05) is 19.7 Å². The summed E-state index contributed by atoms with van der Waals surface area (Å²) in [4.78, 5) is 0. The van der Waals surface area contributed by atoms with Gasteiger partial charge in [0.05, 0.1) is 11.6 Å². The van der Waals surface area contributed by atoms with Crippen LogP contribution in [0.5, 0.6) is 0 Å². The SMILES string of the molecule is COC(C)C(C)(CN)NC1CCCCC1. The molecule has 0 bridgehead atoms. The first-order valence-electron chi connectivity index (χ1n) is 6.13. The second-order valence-corrected chi connectivity index (χ2v) is 4.98. The van der Waals surface area contributed by atoms with Crippen molar-refractivity contribution in [2.75, 3.05) is 13.7 Å². The van der Waals surface area contributed by atoms with Gasteiger partial charge in [-0.2, -0.15) is 0 Å². The molecule has 1 rings (SSSR count). The number of hydrogen-bond donors (Lipinski definition) is 2. The Bertz CT molecular complexity index is 180. The van der Waals surface area contributed by atoms with Crippen molar-refractivity contribution in [1.82, 2.24) is 5.32 Å². The number of hydrogen-bond acceptors (Lipinski definition) is 3. The van der Waals surface area contributed by atoms with E-state index in [1.807, 2.05) is 0 Å². The monoisotopic (exact) mass is 214 g/mol. The van der Waals surface area contributed by atoms with Crippen molar-refractivity contribution in [2.45, 2.75) is 63.6 Å². The van der Waals surface area contributed by atoms with Gasteiger partial charge in [-0.1, -0.05) is 19.3 Å². The fraction of sp³-hybridized carbons (Fsp3) is 1.00. The molecule has 1 saturated carbocycles. The van der Waals surface area contributed by atoms with E-state index in [1.165, 1.54) is 32.1 Å². The summed E-state index contributed by atoms with van der Waals surface area (Å²) in [5, 5.41) is 3.68. The molecule has 1 aliphatic carbocycles. The van der Waals surface area contributed by atoms with Gasteiger partial charge in [-0.3, -0.25) is 0 Å². The van der Waals surface area contributed by atoms with Gasteiger partial charge in [-0.05, 0) is 26.7 Å². The minimum atomic E-state index is -0.0866. The third-order valence-corrected chi connectivity index (χ3v) is 3.81. The summed E-state index contributed by atoms with van der Waals surface area (Å²) in [7, 11) is 1.75. The molecule has 15 heavy (non-hydrogen) atoms. The van der Waals surface area contributed by atoms with Crippen LogP contribution in [0.1, 0.15) is 46.0 Å². The highest BCUT2D eigenvalue weighted by molar-refractivity contribution is 4.93. The predicted octanol–water partition coefficient (Wildman–Crippen LogP) is 1.66. The van der Waals surface area contributed by atoms with Crippen LogP contribution in [0.2, 0.25) is 0 Å². The predicted molar refractivity (Wildman–Crippen MR) is 63.9 cm³/mol. The van der Waals surface area contributed by atoms with Gasteiger partial charge >= 0.3 is 0 Å². The lowest BCUT2D eigenvalue weighted by atomic mass is 9.89.